The molecule has 0 saturated carbocycles. The van der Waals surface area contributed by atoms with Crippen molar-refractivity contribution in [2.24, 2.45) is 0 Å². The number of rotatable bonds is 5. The predicted molar refractivity (Wildman–Crippen MR) is 150 cm³/mol. The molecule has 1 aromatic heterocycles. The van der Waals surface area contributed by atoms with Gasteiger partial charge in [-0.05, 0) is 29.7 Å². The number of hydrogen-bond donors (Lipinski definition) is 0. The van der Waals surface area contributed by atoms with Crippen molar-refractivity contribution in [3.63, 3.8) is 0 Å². The molecule has 0 saturated heterocycles. The standard InChI is InChI=1S/C33H25N3/c1-36(32-21-11-17-24-12-8-9-20-29(24)32)28-19-10-18-27(22-28)31-23-30(25-13-4-2-5-14-25)34-33(35-31)26-15-6-3-7-16-26/h2-23H,1H3. The highest BCUT2D eigenvalue weighted by molar-refractivity contribution is 5.96. The summed E-state index contributed by atoms with van der Waals surface area (Å²) < 4.78 is 0. The first-order valence-electron chi connectivity index (χ1n) is 12.1. The Balaban J connectivity index is 1.46. The van der Waals surface area contributed by atoms with Crippen LogP contribution in [-0.4, -0.2) is 17.0 Å². The minimum Gasteiger partial charge on any atom is -0.344 e. The van der Waals surface area contributed by atoms with Gasteiger partial charge in [0.25, 0.3) is 0 Å². The van der Waals surface area contributed by atoms with E-state index in [-0.39, 0.29) is 0 Å². The van der Waals surface area contributed by atoms with Crippen LogP contribution in [0.5, 0.6) is 0 Å². The Morgan fingerprint density at radius 1 is 0.500 bits per heavy atom. The van der Waals surface area contributed by atoms with E-state index >= 15 is 0 Å². The molecule has 6 rings (SSSR count). The van der Waals surface area contributed by atoms with Crippen molar-refractivity contribution in [1.82, 2.24) is 9.97 Å². The molecule has 0 bridgehead atoms. The number of benzene rings is 5. The summed E-state index contributed by atoms with van der Waals surface area (Å²) in [5, 5.41) is 2.46. The van der Waals surface area contributed by atoms with Gasteiger partial charge in [0.15, 0.2) is 5.82 Å². The van der Waals surface area contributed by atoms with Crippen LogP contribution in [0.15, 0.2) is 133 Å². The van der Waals surface area contributed by atoms with Crippen molar-refractivity contribution < 1.29 is 0 Å². The fraction of sp³-hybridized carbons (Fsp3) is 0.0303. The van der Waals surface area contributed by atoms with Gasteiger partial charge in [-0.2, -0.15) is 0 Å². The molecule has 3 heteroatoms. The van der Waals surface area contributed by atoms with Gasteiger partial charge in [-0.25, -0.2) is 9.97 Å². The summed E-state index contributed by atoms with van der Waals surface area (Å²) in [5.74, 6) is 0.722. The Morgan fingerprint density at radius 2 is 1.08 bits per heavy atom. The highest BCUT2D eigenvalue weighted by atomic mass is 15.1. The topological polar surface area (TPSA) is 29.0 Å². The van der Waals surface area contributed by atoms with E-state index in [0.29, 0.717) is 0 Å². The molecule has 0 aliphatic carbocycles. The first-order valence-corrected chi connectivity index (χ1v) is 12.1. The smallest absolute Gasteiger partial charge is 0.160 e. The van der Waals surface area contributed by atoms with Gasteiger partial charge in [-0.15, -0.1) is 0 Å². The van der Waals surface area contributed by atoms with Crippen LogP contribution in [0.4, 0.5) is 11.4 Å². The third-order valence-electron chi connectivity index (χ3n) is 6.48. The molecule has 5 aromatic carbocycles. The van der Waals surface area contributed by atoms with Gasteiger partial charge in [0.05, 0.1) is 11.4 Å². The van der Waals surface area contributed by atoms with Crippen LogP contribution in [-0.2, 0) is 0 Å². The third-order valence-corrected chi connectivity index (χ3v) is 6.48. The molecule has 0 aliphatic heterocycles. The van der Waals surface area contributed by atoms with Crippen LogP contribution in [0.1, 0.15) is 0 Å². The molecule has 6 aromatic rings. The van der Waals surface area contributed by atoms with Crippen LogP contribution in [0.25, 0.3) is 44.7 Å². The van der Waals surface area contributed by atoms with E-state index in [0.717, 1.165) is 39.6 Å². The van der Waals surface area contributed by atoms with Gasteiger partial charge in [0, 0.05) is 40.5 Å². The predicted octanol–water partition coefficient (Wildman–Crippen LogP) is 8.40. The monoisotopic (exact) mass is 463 g/mol. The molecule has 3 nitrogen and oxygen atoms in total. The van der Waals surface area contributed by atoms with Crippen molar-refractivity contribution in [1.29, 1.82) is 0 Å². The summed E-state index contributed by atoms with van der Waals surface area (Å²) in [6.45, 7) is 0. The number of aromatic nitrogens is 2. The maximum Gasteiger partial charge on any atom is 0.160 e. The second-order valence-electron chi connectivity index (χ2n) is 8.80. The second kappa shape index (κ2) is 9.47. The maximum atomic E-state index is 4.99. The Hall–Kier alpha value is -4.76. The van der Waals surface area contributed by atoms with E-state index in [1.54, 1.807) is 0 Å². The maximum absolute atomic E-state index is 4.99. The highest BCUT2D eigenvalue weighted by Crippen LogP contribution is 2.34. The summed E-state index contributed by atoms with van der Waals surface area (Å²) in [5.41, 5.74) is 7.20. The van der Waals surface area contributed by atoms with Gasteiger partial charge in [-0.1, -0.05) is 109 Å². The van der Waals surface area contributed by atoms with Gasteiger partial charge >= 0.3 is 0 Å². The molecule has 172 valence electrons. The minimum absolute atomic E-state index is 0.722. The Labute approximate surface area is 211 Å². The zero-order valence-corrected chi connectivity index (χ0v) is 20.0. The van der Waals surface area contributed by atoms with Crippen molar-refractivity contribution in [3.8, 4) is 33.9 Å². The van der Waals surface area contributed by atoms with Crippen LogP contribution in [0, 0.1) is 0 Å². The summed E-state index contributed by atoms with van der Waals surface area (Å²) in [7, 11) is 2.12. The van der Waals surface area contributed by atoms with Gasteiger partial charge in [0.2, 0.25) is 0 Å². The highest BCUT2D eigenvalue weighted by Gasteiger charge is 2.13. The zero-order valence-electron chi connectivity index (χ0n) is 20.0. The lowest BCUT2D eigenvalue weighted by Gasteiger charge is -2.22. The van der Waals surface area contributed by atoms with E-state index in [1.807, 2.05) is 36.4 Å². The van der Waals surface area contributed by atoms with E-state index < -0.39 is 0 Å². The number of fused-ring (bicyclic) bond motifs is 1. The number of hydrogen-bond acceptors (Lipinski definition) is 3. The molecular weight excluding hydrogens is 438 g/mol. The van der Waals surface area contributed by atoms with Crippen molar-refractivity contribution in [3.05, 3.63) is 133 Å². The van der Waals surface area contributed by atoms with E-state index in [1.165, 1.54) is 16.5 Å². The van der Waals surface area contributed by atoms with Crippen LogP contribution in [0.2, 0.25) is 0 Å². The molecule has 0 amide bonds. The van der Waals surface area contributed by atoms with Crippen molar-refractivity contribution >= 4 is 22.1 Å². The number of nitrogens with zero attached hydrogens (tertiary/aromatic N) is 3. The molecule has 0 unspecified atom stereocenters. The normalized spacial score (nSPS) is 10.9. The van der Waals surface area contributed by atoms with Crippen molar-refractivity contribution in [2.75, 3.05) is 11.9 Å². The molecule has 0 radical (unpaired) electrons. The van der Waals surface area contributed by atoms with Crippen LogP contribution in [0.3, 0.4) is 0 Å². The molecule has 0 atom stereocenters. The Bertz CT molecular complexity index is 1580. The Kier molecular flexibility index (Phi) is 5.72. The van der Waals surface area contributed by atoms with E-state index in [2.05, 4.69) is 109 Å². The quantitative estimate of drug-likeness (QED) is 0.257. The fourth-order valence-corrected chi connectivity index (χ4v) is 4.58. The molecule has 1 heterocycles. The summed E-state index contributed by atoms with van der Waals surface area (Å²) in [6, 6.07) is 46.0. The second-order valence-corrected chi connectivity index (χ2v) is 8.80. The van der Waals surface area contributed by atoms with Gasteiger partial charge < -0.3 is 4.90 Å². The first kappa shape index (κ1) is 21.8. The third kappa shape index (κ3) is 4.23. The van der Waals surface area contributed by atoms with Gasteiger partial charge in [0.1, 0.15) is 0 Å². The molecule has 0 fully saturated rings. The summed E-state index contributed by atoms with van der Waals surface area (Å²) in [4.78, 5) is 12.1. The molecule has 0 N–H and O–H groups in total. The van der Waals surface area contributed by atoms with E-state index in [4.69, 9.17) is 9.97 Å². The lowest BCUT2D eigenvalue weighted by Crippen LogP contribution is -2.10. The van der Waals surface area contributed by atoms with Gasteiger partial charge in [-0.3, -0.25) is 0 Å². The summed E-state index contributed by atoms with van der Waals surface area (Å²) >= 11 is 0. The molecule has 0 aliphatic rings. The minimum atomic E-state index is 0.722. The SMILES string of the molecule is CN(c1cccc(-c2cc(-c3ccccc3)nc(-c3ccccc3)n2)c1)c1cccc2ccccc12. The average molecular weight is 464 g/mol. The van der Waals surface area contributed by atoms with Crippen LogP contribution >= 0.6 is 0 Å². The summed E-state index contributed by atoms with van der Waals surface area (Å²) in [6.07, 6.45) is 0. The largest absolute Gasteiger partial charge is 0.344 e. The lowest BCUT2D eigenvalue weighted by atomic mass is 10.0. The Morgan fingerprint density at radius 3 is 1.86 bits per heavy atom. The lowest BCUT2D eigenvalue weighted by molar-refractivity contribution is 1.18. The zero-order chi connectivity index (χ0) is 24.3. The van der Waals surface area contributed by atoms with Crippen molar-refractivity contribution in [2.45, 2.75) is 0 Å². The fourth-order valence-electron chi connectivity index (χ4n) is 4.58. The molecule has 36 heavy (non-hydrogen) atoms. The molecular formula is C33H25N3. The van der Waals surface area contributed by atoms with E-state index in [9.17, 15) is 0 Å². The first-order chi connectivity index (χ1) is 17.8. The molecule has 0 spiro atoms. The number of anilines is 2. The van der Waals surface area contributed by atoms with Crippen LogP contribution < -0.4 is 4.90 Å². The average Bonchev–Trinajstić information content (AvgIpc) is 2.97.